The first kappa shape index (κ1) is 67.1. The van der Waals surface area contributed by atoms with Gasteiger partial charge in [-0.15, -0.1) is 0 Å². The third-order valence-corrected chi connectivity index (χ3v) is 24.0. The molecule has 24 rings (SSSR count). The molecule has 115 heavy (non-hydrogen) atoms. The number of hydrogen-bond acceptors (Lipinski definition) is 6. The van der Waals surface area contributed by atoms with Gasteiger partial charge in [-0.2, -0.15) is 0 Å². The van der Waals surface area contributed by atoms with Crippen LogP contribution in [0, 0.1) is 11.8 Å². The van der Waals surface area contributed by atoms with Gasteiger partial charge in [0.2, 0.25) is 0 Å². The summed E-state index contributed by atoms with van der Waals surface area (Å²) in [5, 5.41) is 7.26. The van der Waals surface area contributed by atoms with Crippen LogP contribution in [-0.2, 0) is 0 Å². The summed E-state index contributed by atoms with van der Waals surface area (Å²) in [4.78, 5) is 30.5. The summed E-state index contributed by atoms with van der Waals surface area (Å²) >= 11 is 0. The molecule has 6 heterocycles. The molecule has 0 spiro atoms. The van der Waals surface area contributed by atoms with Gasteiger partial charge < -0.3 is 9.13 Å². The summed E-state index contributed by atoms with van der Waals surface area (Å²) in [6, 6.07) is 94.8. The molecule has 0 aliphatic heterocycles. The molecule has 8 nitrogen and oxygen atoms in total. The number of rotatable bonds is 10. The van der Waals surface area contributed by atoms with Crippen molar-refractivity contribution in [2.24, 2.45) is 11.8 Å². The zero-order valence-corrected chi connectivity index (χ0v) is 61.9. The molecule has 0 amide bonds. The van der Waals surface area contributed by atoms with Crippen LogP contribution in [0.2, 0.25) is 0 Å². The van der Waals surface area contributed by atoms with Crippen molar-refractivity contribution in [3.05, 3.63) is 444 Å². The lowest BCUT2D eigenvalue weighted by Crippen LogP contribution is -2.22. The fourth-order valence-electron chi connectivity index (χ4n) is 18.6. The Balaban J connectivity index is 0.000000139. The number of fused-ring (bicyclic) bond motifs is 8. The van der Waals surface area contributed by atoms with Gasteiger partial charge in [0, 0.05) is 107 Å². The van der Waals surface area contributed by atoms with E-state index in [0.717, 1.165) is 124 Å². The molecule has 0 saturated heterocycles. The van der Waals surface area contributed by atoms with E-state index in [4.69, 9.17) is 24.9 Å². The van der Waals surface area contributed by atoms with Crippen LogP contribution in [0.5, 0.6) is 0 Å². The topological polar surface area (TPSA) is 87.2 Å². The van der Waals surface area contributed by atoms with Crippen LogP contribution >= 0.6 is 0 Å². The third-order valence-electron chi connectivity index (χ3n) is 24.0. The summed E-state index contributed by atoms with van der Waals surface area (Å²) in [7, 11) is 0. The Kier molecular flexibility index (Phi) is 15.9. The highest BCUT2D eigenvalue weighted by Gasteiger charge is 2.37. The number of para-hydroxylation sites is 5. The maximum atomic E-state index is 5.35. The average Bonchev–Trinajstić information content (AvgIpc) is 1.38. The highest BCUT2D eigenvalue weighted by Crippen LogP contribution is 2.52. The number of nitrogens with zero attached hydrogens (tertiary/aromatic N) is 8. The Morgan fingerprint density at radius 1 is 0.304 bits per heavy atom. The molecule has 0 N–H and O–H groups in total. The Morgan fingerprint density at radius 2 is 0.730 bits per heavy atom. The lowest BCUT2D eigenvalue weighted by molar-refractivity contribution is 0.834. The van der Waals surface area contributed by atoms with Crippen LogP contribution in [0.25, 0.3) is 155 Å². The van der Waals surface area contributed by atoms with E-state index in [1.165, 1.54) is 99.3 Å². The molecular formula is C107H72N8. The Bertz CT molecular complexity index is 7230. The van der Waals surface area contributed by atoms with Crippen LogP contribution in [0.4, 0.5) is 0 Å². The quantitative estimate of drug-likeness (QED) is 0.136. The number of aromatic nitrogens is 8. The zero-order valence-electron chi connectivity index (χ0n) is 61.9. The highest BCUT2D eigenvalue weighted by molar-refractivity contribution is 6.10. The molecule has 16 aromatic rings. The molecule has 10 aromatic carbocycles. The normalized spacial score (nSPS) is 16.6. The molecule has 0 bridgehead atoms. The third kappa shape index (κ3) is 11.3. The smallest absolute Gasteiger partial charge is 0.160 e. The second-order valence-electron chi connectivity index (χ2n) is 30.3. The monoisotopic (exact) mass is 1470 g/mol. The maximum absolute atomic E-state index is 5.35. The van der Waals surface area contributed by atoms with E-state index in [2.05, 4.69) is 366 Å². The van der Waals surface area contributed by atoms with E-state index in [1.54, 1.807) is 0 Å². The predicted molar refractivity (Wildman–Crippen MR) is 474 cm³/mol. The van der Waals surface area contributed by atoms with Gasteiger partial charge in [-0.3, -0.25) is 9.97 Å². The molecular weight excluding hydrogens is 1400 g/mol. The fourth-order valence-corrected chi connectivity index (χ4v) is 18.6. The van der Waals surface area contributed by atoms with Gasteiger partial charge in [0.15, 0.2) is 11.6 Å². The summed E-state index contributed by atoms with van der Waals surface area (Å²) in [5.41, 5.74) is 37.0. The molecule has 2 atom stereocenters. The Morgan fingerprint density at radius 3 is 1.23 bits per heavy atom. The first-order valence-corrected chi connectivity index (χ1v) is 39.2. The Hall–Kier alpha value is -14.9. The molecule has 8 heteroatoms. The van der Waals surface area contributed by atoms with Crippen LogP contribution in [0.3, 0.4) is 0 Å². The fraction of sp³-hybridized carbons (Fsp3) is 0.0467. The molecule has 540 valence electrons. The van der Waals surface area contributed by atoms with Crippen LogP contribution in [-0.4, -0.2) is 39.0 Å². The van der Waals surface area contributed by atoms with Crippen molar-refractivity contribution in [1.29, 1.82) is 0 Å². The number of benzene rings is 10. The first-order valence-electron chi connectivity index (χ1n) is 39.2. The van der Waals surface area contributed by atoms with Crippen molar-refractivity contribution in [2.75, 3.05) is 0 Å². The van der Waals surface area contributed by atoms with Crippen molar-refractivity contribution < 1.29 is 0 Å². The van der Waals surface area contributed by atoms with Crippen molar-refractivity contribution in [3.8, 4) is 78.9 Å². The van der Waals surface area contributed by atoms with Crippen molar-refractivity contribution in [1.82, 2.24) is 39.0 Å². The van der Waals surface area contributed by atoms with E-state index in [0.29, 0.717) is 11.6 Å². The van der Waals surface area contributed by atoms with Gasteiger partial charge in [-0.25, -0.2) is 19.9 Å². The molecule has 0 radical (unpaired) electrons. The molecule has 2 unspecified atom stereocenters. The molecule has 8 aliphatic carbocycles. The summed E-state index contributed by atoms with van der Waals surface area (Å²) in [5.74, 6) is 1.81. The minimum atomic E-state index is 0. The predicted octanol–water partition coefficient (Wildman–Crippen LogP) is 26.1. The zero-order chi connectivity index (χ0) is 74.9. The van der Waals surface area contributed by atoms with Gasteiger partial charge in [0.05, 0.1) is 55.9 Å². The molecule has 0 fully saturated rings. The molecule has 6 aromatic heterocycles. The minimum Gasteiger partial charge on any atom is -0.309 e. The SMILES string of the molecule is C.C1=CC2=C3C(=CC=C4C=CC(c5cc(-c6ccc(-n7c8ccccc8c8ccccc87)cc6)nc(-c6ccc(-c7ccc8ncccc8c7)cc6)n5)=C(C=C2)C43)C1.C1=CC2=C3C(=CC=C4C=CC(c5cc(-c6ccc(-n7c8ccccc8c8ccccc87)cc6)nc(-c6ccc(-c7cccc8cccnc78)cc6)n5)=C(C=C2)C43)C1. The Labute approximate surface area is 666 Å². The average molecular weight is 1470 g/mol. The van der Waals surface area contributed by atoms with E-state index in [9.17, 15) is 0 Å². The molecule has 8 aliphatic rings. The molecule has 0 saturated carbocycles. The number of hydrogen-bond donors (Lipinski definition) is 0. The van der Waals surface area contributed by atoms with Crippen LogP contribution in [0.1, 0.15) is 31.7 Å². The second kappa shape index (κ2) is 27.3. The van der Waals surface area contributed by atoms with E-state index >= 15 is 0 Å². The van der Waals surface area contributed by atoms with Gasteiger partial charge in [0.1, 0.15) is 0 Å². The van der Waals surface area contributed by atoms with E-state index in [-0.39, 0.29) is 19.3 Å². The van der Waals surface area contributed by atoms with Crippen LogP contribution < -0.4 is 0 Å². The van der Waals surface area contributed by atoms with Gasteiger partial charge in [0.25, 0.3) is 0 Å². The number of pyridine rings is 2. The van der Waals surface area contributed by atoms with Gasteiger partial charge in [-0.05, 0) is 170 Å². The van der Waals surface area contributed by atoms with Crippen LogP contribution in [0.15, 0.2) is 432 Å². The number of allylic oxidation sites excluding steroid dienone is 28. The summed E-state index contributed by atoms with van der Waals surface area (Å²) in [6.07, 6.45) is 42.2. The maximum Gasteiger partial charge on any atom is 0.160 e. The largest absolute Gasteiger partial charge is 0.309 e. The summed E-state index contributed by atoms with van der Waals surface area (Å²) in [6.45, 7) is 0. The van der Waals surface area contributed by atoms with Crippen molar-refractivity contribution in [3.63, 3.8) is 0 Å². The minimum absolute atomic E-state index is 0. The van der Waals surface area contributed by atoms with Crippen molar-refractivity contribution >= 4 is 76.6 Å². The summed E-state index contributed by atoms with van der Waals surface area (Å²) < 4.78 is 4.71. The lowest BCUT2D eigenvalue weighted by Gasteiger charge is -2.36. The van der Waals surface area contributed by atoms with Gasteiger partial charge >= 0.3 is 0 Å². The second-order valence-corrected chi connectivity index (χ2v) is 30.3. The van der Waals surface area contributed by atoms with Gasteiger partial charge in [-0.1, -0.05) is 287 Å². The van der Waals surface area contributed by atoms with Crippen molar-refractivity contribution in [2.45, 2.75) is 20.3 Å². The first-order chi connectivity index (χ1) is 56.5. The van der Waals surface area contributed by atoms with E-state index in [1.807, 2.05) is 24.5 Å². The highest BCUT2D eigenvalue weighted by atomic mass is 15.0. The lowest BCUT2D eigenvalue weighted by atomic mass is 9.67. The van der Waals surface area contributed by atoms with E-state index < -0.39 is 0 Å². The standard InChI is InChI=1S/2C53H34N4.CH4/c1-3-15-48-43(12-1)44-13-2-4-16-49(44)57(48)40-27-23-34(24-28-40)46-32-47(42-29-25-37-20-19-35-8-5-9-36-26-30-45(42)51(37)50(35)36)56-53(55-46)39-21-17-33(18-22-39)41-14-6-10-38-11-7-31-54-52(38)41;1-3-12-49-43(10-1)44-11-2-4-13-50(44)57(49)41-25-20-34(21-26-41)47-32-48(42-27-22-37-17-16-35-7-5-8-36-23-28-45(42)52(37)51(35)36)56-53(55-47)38-18-14-33(15-19-38)39-24-29-46-40(31-39)9-6-30-54-46;/h1-7,9-32,51H,8H2;1-6,8-32,52H,7H2;1H4.